The van der Waals surface area contributed by atoms with E-state index in [4.69, 9.17) is 16.3 Å². The molecule has 1 heterocycles. The zero-order valence-electron chi connectivity index (χ0n) is 13.8. The molecule has 3 rings (SSSR count). The number of halogens is 1. The number of alkyl halides is 1. The lowest BCUT2D eigenvalue weighted by Crippen LogP contribution is -2.44. The number of phenolic OH excluding ortho intramolecular Hbond substituents is 1. The van der Waals surface area contributed by atoms with Crippen molar-refractivity contribution in [2.24, 2.45) is 0 Å². The molecule has 2 unspecified atom stereocenters. The van der Waals surface area contributed by atoms with Gasteiger partial charge in [-0.1, -0.05) is 36.8 Å². The second-order valence-electron chi connectivity index (χ2n) is 6.25. The second kappa shape index (κ2) is 8.41. The summed E-state index contributed by atoms with van der Waals surface area (Å²) in [6.45, 7) is 2.56. The van der Waals surface area contributed by atoms with Gasteiger partial charge in [-0.15, -0.1) is 11.6 Å². The standard InChI is InChI=1S/C20H24ClNO2/c21-20(16-6-2-1-3-7-16)19-8-4-5-13-22(19)14-15-24-18-11-9-17(23)10-12-18/h1-3,6-7,9-12,19-20,23H,4-5,8,13-15H2. The van der Waals surface area contributed by atoms with Crippen molar-refractivity contribution >= 4 is 11.6 Å². The normalized spacial score (nSPS) is 19.8. The smallest absolute Gasteiger partial charge is 0.119 e. The van der Waals surface area contributed by atoms with E-state index in [1.165, 1.54) is 18.4 Å². The van der Waals surface area contributed by atoms with Gasteiger partial charge in [-0.3, -0.25) is 4.90 Å². The summed E-state index contributed by atoms with van der Waals surface area (Å²) in [6, 6.07) is 17.6. The molecule has 1 aliphatic rings. The molecule has 1 aliphatic heterocycles. The highest BCUT2D eigenvalue weighted by Crippen LogP contribution is 2.33. The topological polar surface area (TPSA) is 32.7 Å². The summed E-state index contributed by atoms with van der Waals surface area (Å²) in [6.07, 6.45) is 3.58. The molecule has 0 saturated carbocycles. The van der Waals surface area contributed by atoms with E-state index >= 15 is 0 Å². The van der Waals surface area contributed by atoms with Crippen molar-refractivity contribution in [2.45, 2.75) is 30.7 Å². The van der Waals surface area contributed by atoms with Gasteiger partial charge in [0.05, 0.1) is 5.38 Å². The molecule has 2 aromatic carbocycles. The minimum atomic E-state index is 0.0140. The highest BCUT2D eigenvalue weighted by molar-refractivity contribution is 6.21. The molecular weight excluding hydrogens is 322 g/mol. The van der Waals surface area contributed by atoms with Crippen LogP contribution in [0, 0.1) is 0 Å². The lowest BCUT2D eigenvalue weighted by molar-refractivity contribution is 0.119. The molecule has 0 radical (unpaired) electrons. The van der Waals surface area contributed by atoms with Crippen LogP contribution in [0.3, 0.4) is 0 Å². The lowest BCUT2D eigenvalue weighted by Gasteiger charge is -2.38. The van der Waals surface area contributed by atoms with Crippen LogP contribution in [0.4, 0.5) is 0 Å². The first-order chi connectivity index (χ1) is 11.7. The highest BCUT2D eigenvalue weighted by Gasteiger charge is 2.29. The number of likely N-dealkylation sites (tertiary alicyclic amines) is 1. The third-order valence-corrected chi connectivity index (χ3v) is 5.15. The maximum atomic E-state index is 9.31. The predicted molar refractivity (Wildman–Crippen MR) is 97.8 cm³/mol. The summed E-state index contributed by atoms with van der Waals surface area (Å²) in [4.78, 5) is 2.45. The van der Waals surface area contributed by atoms with E-state index < -0.39 is 0 Å². The van der Waals surface area contributed by atoms with Crippen LogP contribution in [0.2, 0.25) is 0 Å². The van der Waals surface area contributed by atoms with E-state index in [0.29, 0.717) is 12.6 Å². The number of benzene rings is 2. The van der Waals surface area contributed by atoms with E-state index in [1.54, 1.807) is 24.3 Å². The molecule has 1 saturated heterocycles. The SMILES string of the molecule is Oc1ccc(OCCN2CCCCC2C(Cl)c2ccccc2)cc1. The van der Waals surface area contributed by atoms with Gasteiger partial charge in [0.15, 0.2) is 0 Å². The van der Waals surface area contributed by atoms with Gasteiger partial charge in [0, 0.05) is 12.6 Å². The Hall–Kier alpha value is -1.71. The van der Waals surface area contributed by atoms with Crippen molar-refractivity contribution in [3.63, 3.8) is 0 Å². The van der Waals surface area contributed by atoms with E-state index in [0.717, 1.165) is 25.3 Å². The molecule has 1 N–H and O–H groups in total. The number of rotatable bonds is 6. The lowest BCUT2D eigenvalue weighted by atomic mass is 9.95. The van der Waals surface area contributed by atoms with Crippen LogP contribution in [0.25, 0.3) is 0 Å². The van der Waals surface area contributed by atoms with Crippen LogP contribution in [0.5, 0.6) is 11.5 Å². The van der Waals surface area contributed by atoms with Gasteiger partial charge >= 0.3 is 0 Å². The number of nitrogens with zero attached hydrogens (tertiary/aromatic N) is 1. The van der Waals surface area contributed by atoms with Crippen LogP contribution in [-0.2, 0) is 0 Å². The molecular formula is C20H24ClNO2. The van der Waals surface area contributed by atoms with E-state index in [9.17, 15) is 5.11 Å². The minimum absolute atomic E-state index is 0.0140. The van der Waals surface area contributed by atoms with Crippen LogP contribution in [0.15, 0.2) is 54.6 Å². The zero-order chi connectivity index (χ0) is 16.8. The van der Waals surface area contributed by atoms with Crippen molar-refractivity contribution in [1.82, 2.24) is 4.90 Å². The molecule has 0 bridgehead atoms. The first-order valence-corrected chi connectivity index (χ1v) is 9.02. The quantitative estimate of drug-likeness (QED) is 0.776. The number of aromatic hydroxyl groups is 1. The Morgan fingerprint density at radius 2 is 1.83 bits per heavy atom. The summed E-state index contributed by atoms with van der Waals surface area (Å²) in [5, 5.41) is 9.33. The van der Waals surface area contributed by atoms with Gasteiger partial charge < -0.3 is 9.84 Å². The second-order valence-corrected chi connectivity index (χ2v) is 6.72. The Morgan fingerprint density at radius 3 is 2.58 bits per heavy atom. The van der Waals surface area contributed by atoms with Gasteiger partial charge in [0.25, 0.3) is 0 Å². The molecule has 128 valence electrons. The Balaban J connectivity index is 1.57. The Labute approximate surface area is 148 Å². The zero-order valence-corrected chi connectivity index (χ0v) is 14.5. The first-order valence-electron chi connectivity index (χ1n) is 8.59. The Morgan fingerprint density at radius 1 is 1.08 bits per heavy atom. The minimum Gasteiger partial charge on any atom is -0.508 e. The van der Waals surface area contributed by atoms with Crippen LogP contribution >= 0.6 is 11.6 Å². The summed E-state index contributed by atoms with van der Waals surface area (Å²) in [5.41, 5.74) is 1.19. The first kappa shape index (κ1) is 17.1. The van der Waals surface area contributed by atoms with E-state index in [-0.39, 0.29) is 11.1 Å². The molecule has 0 amide bonds. The van der Waals surface area contributed by atoms with E-state index in [1.807, 2.05) is 18.2 Å². The number of piperidine rings is 1. The van der Waals surface area contributed by atoms with Gasteiger partial charge in [0.2, 0.25) is 0 Å². The fourth-order valence-corrected chi connectivity index (χ4v) is 3.74. The Bertz CT molecular complexity index is 617. The van der Waals surface area contributed by atoms with Gasteiger partial charge in [-0.25, -0.2) is 0 Å². The molecule has 24 heavy (non-hydrogen) atoms. The number of hydrogen-bond acceptors (Lipinski definition) is 3. The maximum Gasteiger partial charge on any atom is 0.119 e. The summed E-state index contributed by atoms with van der Waals surface area (Å²) < 4.78 is 5.80. The van der Waals surface area contributed by atoms with Crippen molar-refractivity contribution < 1.29 is 9.84 Å². The van der Waals surface area contributed by atoms with Gasteiger partial charge in [0.1, 0.15) is 18.1 Å². The molecule has 0 spiro atoms. The molecule has 2 aromatic rings. The largest absolute Gasteiger partial charge is 0.508 e. The average molecular weight is 346 g/mol. The van der Waals surface area contributed by atoms with Crippen LogP contribution in [0.1, 0.15) is 30.2 Å². The molecule has 0 aliphatic carbocycles. The number of hydrogen-bond donors (Lipinski definition) is 1. The average Bonchev–Trinajstić information content (AvgIpc) is 2.64. The number of phenols is 1. The molecule has 0 aromatic heterocycles. The van der Waals surface area contributed by atoms with Crippen molar-refractivity contribution in [1.29, 1.82) is 0 Å². The van der Waals surface area contributed by atoms with Crippen molar-refractivity contribution in [2.75, 3.05) is 19.7 Å². The fourth-order valence-electron chi connectivity index (χ4n) is 3.31. The summed E-state index contributed by atoms with van der Waals surface area (Å²) >= 11 is 6.78. The van der Waals surface area contributed by atoms with Crippen molar-refractivity contribution in [3.05, 3.63) is 60.2 Å². The third-order valence-electron chi connectivity index (χ3n) is 4.60. The van der Waals surface area contributed by atoms with Crippen LogP contribution in [-0.4, -0.2) is 35.7 Å². The number of ether oxygens (including phenoxy) is 1. The van der Waals surface area contributed by atoms with E-state index in [2.05, 4.69) is 17.0 Å². The maximum absolute atomic E-state index is 9.31. The highest BCUT2D eigenvalue weighted by atomic mass is 35.5. The monoisotopic (exact) mass is 345 g/mol. The van der Waals surface area contributed by atoms with Gasteiger partial charge in [-0.05, 0) is 49.2 Å². The van der Waals surface area contributed by atoms with Crippen LogP contribution < -0.4 is 4.74 Å². The third kappa shape index (κ3) is 4.43. The summed E-state index contributed by atoms with van der Waals surface area (Å²) in [5.74, 6) is 1.04. The molecule has 2 atom stereocenters. The van der Waals surface area contributed by atoms with Gasteiger partial charge in [-0.2, -0.15) is 0 Å². The Kier molecular flexibility index (Phi) is 6.00. The molecule has 1 fully saturated rings. The summed E-state index contributed by atoms with van der Waals surface area (Å²) in [7, 11) is 0. The predicted octanol–water partition coefficient (Wildman–Crippen LogP) is 4.61. The van der Waals surface area contributed by atoms with Crippen molar-refractivity contribution in [3.8, 4) is 11.5 Å². The molecule has 4 heteroatoms. The molecule has 3 nitrogen and oxygen atoms in total. The fraction of sp³-hybridized carbons (Fsp3) is 0.400.